The van der Waals surface area contributed by atoms with Crippen LogP contribution in [-0.2, 0) is 0 Å². The summed E-state index contributed by atoms with van der Waals surface area (Å²) in [6.07, 6.45) is 5.95. The van der Waals surface area contributed by atoms with Gasteiger partial charge in [-0.05, 0) is 42.9 Å². The Morgan fingerprint density at radius 2 is 1.86 bits per heavy atom. The van der Waals surface area contributed by atoms with Crippen molar-refractivity contribution in [1.29, 1.82) is 0 Å². The minimum Gasteiger partial charge on any atom is -0.393 e. The SMILES string of the molecule is CCCC1CCC(C(C)(C)C)CC1O. The van der Waals surface area contributed by atoms with E-state index < -0.39 is 0 Å². The first-order chi connectivity index (χ1) is 6.45. The van der Waals surface area contributed by atoms with E-state index in [0.717, 1.165) is 6.42 Å². The zero-order valence-corrected chi connectivity index (χ0v) is 10.2. The van der Waals surface area contributed by atoms with Gasteiger partial charge in [0.2, 0.25) is 0 Å². The second-order valence-corrected chi connectivity index (χ2v) is 5.99. The topological polar surface area (TPSA) is 20.2 Å². The smallest absolute Gasteiger partial charge is 0.0571 e. The molecule has 0 aliphatic heterocycles. The largest absolute Gasteiger partial charge is 0.393 e. The van der Waals surface area contributed by atoms with Crippen LogP contribution in [0.25, 0.3) is 0 Å². The highest BCUT2D eigenvalue weighted by atomic mass is 16.3. The Balaban J connectivity index is 2.46. The summed E-state index contributed by atoms with van der Waals surface area (Å²) in [6, 6.07) is 0. The summed E-state index contributed by atoms with van der Waals surface area (Å²) in [5.74, 6) is 1.30. The second-order valence-electron chi connectivity index (χ2n) is 5.99. The summed E-state index contributed by atoms with van der Waals surface area (Å²) in [5.41, 5.74) is 0.373. The maximum atomic E-state index is 10.0. The minimum atomic E-state index is -0.0343. The molecule has 1 aliphatic rings. The van der Waals surface area contributed by atoms with Gasteiger partial charge in [0.05, 0.1) is 6.10 Å². The van der Waals surface area contributed by atoms with Crippen LogP contribution in [0.3, 0.4) is 0 Å². The van der Waals surface area contributed by atoms with Crippen molar-refractivity contribution >= 4 is 0 Å². The number of aliphatic hydroxyl groups excluding tert-OH is 1. The van der Waals surface area contributed by atoms with E-state index in [1.165, 1.54) is 25.7 Å². The maximum absolute atomic E-state index is 10.0. The van der Waals surface area contributed by atoms with E-state index >= 15 is 0 Å². The van der Waals surface area contributed by atoms with Crippen LogP contribution in [0, 0.1) is 17.3 Å². The summed E-state index contributed by atoms with van der Waals surface area (Å²) in [5, 5.41) is 10.0. The van der Waals surface area contributed by atoms with Crippen molar-refractivity contribution in [3.8, 4) is 0 Å². The molecule has 0 bridgehead atoms. The Bertz CT molecular complexity index is 169. The Morgan fingerprint density at radius 1 is 1.21 bits per heavy atom. The molecule has 84 valence electrons. The van der Waals surface area contributed by atoms with Crippen LogP contribution in [0.2, 0.25) is 0 Å². The summed E-state index contributed by atoms with van der Waals surface area (Å²) in [6.45, 7) is 9.10. The van der Waals surface area contributed by atoms with Gasteiger partial charge in [0.15, 0.2) is 0 Å². The Labute approximate surface area is 88.9 Å². The molecule has 1 fully saturated rings. The molecule has 0 heterocycles. The molecule has 1 rings (SSSR count). The van der Waals surface area contributed by atoms with Crippen molar-refractivity contribution in [2.75, 3.05) is 0 Å². The van der Waals surface area contributed by atoms with E-state index in [9.17, 15) is 5.11 Å². The monoisotopic (exact) mass is 198 g/mol. The van der Waals surface area contributed by atoms with Gasteiger partial charge >= 0.3 is 0 Å². The number of hydrogen-bond acceptors (Lipinski definition) is 1. The average molecular weight is 198 g/mol. The molecule has 1 nitrogen and oxygen atoms in total. The first kappa shape index (κ1) is 12.0. The fourth-order valence-electron chi connectivity index (χ4n) is 2.70. The van der Waals surface area contributed by atoms with Crippen LogP contribution in [-0.4, -0.2) is 11.2 Å². The fourth-order valence-corrected chi connectivity index (χ4v) is 2.70. The third-order valence-corrected chi connectivity index (χ3v) is 3.84. The first-order valence-electron chi connectivity index (χ1n) is 6.13. The normalized spacial score (nSPS) is 34.5. The van der Waals surface area contributed by atoms with Crippen molar-refractivity contribution in [3.63, 3.8) is 0 Å². The zero-order chi connectivity index (χ0) is 10.8. The van der Waals surface area contributed by atoms with Gasteiger partial charge in [-0.2, -0.15) is 0 Å². The average Bonchev–Trinajstić information content (AvgIpc) is 2.07. The summed E-state index contributed by atoms with van der Waals surface area (Å²) < 4.78 is 0. The molecule has 0 spiro atoms. The van der Waals surface area contributed by atoms with E-state index in [1.54, 1.807) is 0 Å². The van der Waals surface area contributed by atoms with E-state index in [1.807, 2.05) is 0 Å². The van der Waals surface area contributed by atoms with Gasteiger partial charge in [-0.15, -0.1) is 0 Å². The third-order valence-electron chi connectivity index (χ3n) is 3.84. The van der Waals surface area contributed by atoms with Gasteiger partial charge in [0, 0.05) is 0 Å². The molecule has 14 heavy (non-hydrogen) atoms. The summed E-state index contributed by atoms with van der Waals surface area (Å²) >= 11 is 0. The van der Waals surface area contributed by atoms with E-state index in [2.05, 4.69) is 27.7 Å². The standard InChI is InChI=1S/C13H26O/c1-5-6-10-7-8-11(9-12(10)14)13(2,3)4/h10-12,14H,5-9H2,1-4H3. The molecule has 1 aliphatic carbocycles. The van der Waals surface area contributed by atoms with E-state index in [-0.39, 0.29) is 6.10 Å². The predicted octanol–water partition coefficient (Wildman–Crippen LogP) is 3.61. The molecule has 0 radical (unpaired) electrons. The zero-order valence-electron chi connectivity index (χ0n) is 10.2. The third kappa shape index (κ3) is 2.98. The molecule has 1 heteroatoms. The van der Waals surface area contributed by atoms with Crippen molar-refractivity contribution in [1.82, 2.24) is 0 Å². The summed E-state index contributed by atoms with van der Waals surface area (Å²) in [7, 11) is 0. The predicted molar refractivity (Wildman–Crippen MR) is 61.2 cm³/mol. The van der Waals surface area contributed by atoms with E-state index in [0.29, 0.717) is 17.3 Å². The number of rotatable bonds is 2. The highest BCUT2D eigenvalue weighted by Crippen LogP contribution is 2.40. The Hall–Kier alpha value is -0.0400. The van der Waals surface area contributed by atoms with Crippen molar-refractivity contribution in [2.24, 2.45) is 17.3 Å². The molecule has 1 N–H and O–H groups in total. The molecule has 1 saturated carbocycles. The number of hydrogen-bond donors (Lipinski definition) is 1. The van der Waals surface area contributed by atoms with Crippen LogP contribution >= 0.6 is 0 Å². The molecule has 0 aromatic rings. The molecule has 0 aromatic carbocycles. The number of aliphatic hydroxyl groups is 1. The second kappa shape index (κ2) is 4.65. The van der Waals surface area contributed by atoms with Crippen LogP contribution < -0.4 is 0 Å². The first-order valence-corrected chi connectivity index (χ1v) is 6.13. The highest BCUT2D eigenvalue weighted by molar-refractivity contribution is 4.85. The van der Waals surface area contributed by atoms with E-state index in [4.69, 9.17) is 0 Å². The quantitative estimate of drug-likeness (QED) is 0.718. The molecule has 3 atom stereocenters. The molecule has 0 aromatic heterocycles. The van der Waals surface area contributed by atoms with Crippen LogP contribution in [0.4, 0.5) is 0 Å². The lowest BCUT2D eigenvalue weighted by atomic mass is 9.68. The molecule has 0 amide bonds. The van der Waals surface area contributed by atoms with Crippen LogP contribution in [0.5, 0.6) is 0 Å². The van der Waals surface area contributed by atoms with Crippen LogP contribution in [0.15, 0.2) is 0 Å². The lowest BCUT2D eigenvalue weighted by molar-refractivity contribution is 0.00991. The van der Waals surface area contributed by atoms with Crippen molar-refractivity contribution in [2.45, 2.75) is 65.9 Å². The van der Waals surface area contributed by atoms with Gasteiger partial charge in [-0.25, -0.2) is 0 Å². The van der Waals surface area contributed by atoms with Gasteiger partial charge in [-0.1, -0.05) is 34.1 Å². The Morgan fingerprint density at radius 3 is 2.29 bits per heavy atom. The maximum Gasteiger partial charge on any atom is 0.0571 e. The van der Waals surface area contributed by atoms with Gasteiger partial charge < -0.3 is 5.11 Å². The van der Waals surface area contributed by atoms with Crippen molar-refractivity contribution in [3.05, 3.63) is 0 Å². The van der Waals surface area contributed by atoms with Crippen molar-refractivity contribution < 1.29 is 5.11 Å². The Kier molecular flexibility index (Phi) is 4.00. The molecule has 3 unspecified atom stereocenters. The van der Waals surface area contributed by atoms with Gasteiger partial charge in [-0.3, -0.25) is 0 Å². The summed E-state index contributed by atoms with van der Waals surface area (Å²) in [4.78, 5) is 0. The fraction of sp³-hybridized carbons (Fsp3) is 1.00. The molecular weight excluding hydrogens is 172 g/mol. The lowest BCUT2D eigenvalue weighted by Gasteiger charge is -2.39. The highest BCUT2D eigenvalue weighted by Gasteiger charge is 2.34. The molecular formula is C13H26O. The minimum absolute atomic E-state index is 0.0343. The lowest BCUT2D eigenvalue weighted by Crippen LogP contribution is -2.34. The molecule has 0 saturated heterocycles. The van der Waals surface area contributed by atoms with Gasteiger partial charge in [0.25, 0.3) is 0 Å². The van der Waals surface area contributed by atoms with Crippen LogP contribution in [0.1, 0.15) is 59.8 Å². The van der Waals surface area contributed by atoms with Gasteiger partial charge in [0.1, 0.15) is 0 Å².